The van der Waals surface area contributed by atoms with Gasteiger partial charge in [0, 0.05) is 89.7 Å². The van der Waals surface area contributed by atoms with Crippen LogP contribution >= 0.6 is 23.2 Å². The third-order valence-corrected chi connectivity index (χ3v) is 7.60. The Bertz CT molecular complexity index is 1460. The first kappa shape index (κ1) is 31.0. The third kappa shape index (κ3) is 8.57. The van der Waals surface area contributed by atoms with E-state index in [4.69, 9.17) is 57.3 Å². The number of hydrogen-bond acceptors (Lipinski definition) is 13. The van der Waals surface area contributed by atoms with Gasteiger partial charge in [0.25, 0.3) is 11.8 Å². The molecule has 45 heavy (non-hydrogen) atoms. The molecule has 4 aromatic heterocycles. The van der Waals surface area contributed by atoms with Crippen LogP contribution in [0.25, 0.3) is 0 Å². The van der Waals surface area contributed by atoms with E-state index in [1.165, 1.54) is 0 Å². The summed E-state index contributed by atoms with van der Waals surface area (Å²) >= 11 is 12.1. The molecule has 0 amide bonds. The molecule has 15 heteroatoms. The van der Waals surface area contributed by atoms with E-state index in [1.807, 2.05) is 0 Å². The fourth-order valence-corrected chi connectivity index (χ4v) is 5.27. The topological polar surface area (TPSA) is 136 Å². The fourth-order valence-electron chi connectivity index (χ4n) is 4.94. The second kappa shape index (κ2) is 15.3. The van der Waals surface area contributed by atoms with E-state index in [0.717, 1.165) is 63.7 Å². The van der Waals surface area contributed by atoms with Crippen LogP contribution in [0.4, 0.5) is 11.6 Å². The van der Waals surface area contributed by atoms with Gasteiger partial charge in [0.05, 0.1) is 59.4 Å². The average Bonchev–Trinajstić information content (AvgIpc) is 3.07. The highest BCUT2D eigenvalue weighted by molar-refractivity contribution is 6.30. The Morgan fingerprint density at radius 1 is 0.622 bits per heavy atom. The molecule has 0 bridgehead atoms. The second-order valence-corrected chi connectivity index (χ2v) is 11.3. The van der Waals surface area contributed by atoms with Gasteiger partial charge in [-0.1, -0.05) is 23.2 Å². The Kier molecular flexibility index (Phi) is 10.5. The highest BCUT2D eigenvalue weighted by atomic mass is 35.5. The first-order valence-corrected chi connectivity index (χ1v) is 15.6. The number of ether oxygens (including phenoxy) is 3. The minimum atomic E-state index is 0.385. The number of piperazine rings is 2. The number of anilines is 2. The first-order chi connectivity index (χ1) is 22.1. The van der Waals surface area contributed by atoms with Crippen molar-refractivity contribution in [1.29, 1.82) is 0 Å². The zero-order chi connectivity index (χ0) is 30.8. The molecule has 13 nitrogen and oxygen atoms in total. The predicted molar refractivity (Wildman–Crippen MR) is 171 cm³/mol. The van der Waals surface area contributed by atoms with Crippen molar-refractivity contribution in [3.63, 3.8) is 0 Å². The first-order valence-electron chi connectivity index (χ1n) is 14.9. The summed E-state index contributed by atoms with van der Waals surface area (Å²) in [5.74, 6) is 3.31. The fraction of sp³-hybridized carbons (Fsp3) is 0.400. The lowest BCUT2D eigenvalue weighted by atomic mass is 10.3. The molecule has 0 saturated carbocycles. The summed E-state index contributed by atoms with van der Waals surface area (Å²) < 4.78 is 18.1. The molecule has 236 valence electrons. The van der Waals surface area contributed by atoms with Crippen molar-refractivity contribution < 1.29 is 14.2 Å². The Morgan fingerprint density at radius 2 is 1.07 bits per heavy atom. The average molecular weight is 654 g/mol. The molecule has 4 aromatic rings. The van der Waals surface area contributed by atoms with E-state index in [9.17, 15) is 0 Å². The van der Waals surface area contributed by atoms with Gasteiger partial charge in [-0.25, -0.2) is 19.9 Å². The minimum absolute atomic E-state index is 0.385. The van der Waals surface area contributed by atoms with Crippen LogP contribution in [-0.4, -0.2) is 95.5 Å². The molecular weight excluding hydrogens is 619 g/mol. The number of rotatable bonds is 12. The maximum Gasteiger partial charge on any atom is 0.264 e. The summed E-state index contributed by atoms with van der Waals surface area (Å²) in [5.41, 5.74) is 1.56. The highest BCUT2D eigenvalue weighted by Crippen LogP contribution is 2.33. The molecule has 6 heterocycles. The summed E-state index contributed by atoms with van der Waals surface area (Å²) in [7, 11) is 0. The van der Waals surface area contributed by atoms with Crippen molar-refractivity contribution in [2.24, 2.45) is 0 Å². The van der Waals surface area contributed by atoms with Crippen LogP contribution < -0.4 is 34.6 Å². The molecule has 0 aromatic carbocycles. The summed E-state index contributed by atoms with van der Waals surface area (Å²) in [6.45, 7) is 7.24. The lowest BCUT2D eigenvalue weighted by molar-refractivity contribution is 0.318. The molecule has 2 fully saturated rings. The minimum Gasteiger partial charge on any atom is -0.492 e. The lowest BCUT2D eigenvalue weighted by Crippen LogP contribution is -2.44. The van der Waals surface area contributed by atoms with Crippen molar-refractivity contribution in [3.8, 4) is 23.3 Å². The van der Waals surface area contributed by atoms with Gasteiger partial charge >= 0.3 is 0 Å². The van der Waals surface area contributed by atoms with Crippen LogP contribution in [0.15, 0.2) is 49.3 Å². The van der Waals surface area contributed by atoms with Gasteiger partial charge in [-0.05, 0) is 0 Å². The molecule has 0 radical (unpaired) electrons. The summed E-state index contributed by atoms with van der Waals surface area (Å²) in [6.07, 6.45) is 10.9. The normalized spacial score (nSPS) is 15.2. The molecule has 2 N–H and O–H groups in total. The SMILES string of the molecule is Clc1cncc(OCCc2cnc(Oc3ncc(CCOc4cncc(Cl)c4)nc3N3CCNCC3)c(N3CCNCC3)n2)c1. The van der Waals surface area contributed by atoms with E-state index in [2.05, 4.69) is 30.4 Å². The zero-order valence-corrected chi connectivity index (χ0v) is 26.2. The summed E-state index contributed by atoms with van der Waals surface area (Å²) in [5, 5.41) is 7.83. The van der Waals surface area contributed by atoms with Gasteiger partial charge in [0.1, 0.15) is 11.5 Å². The Hall–Kier alpha value is -4.04. The molecule has 2 saturated heterocycles. The maximum absolute atomic E-state index is 6.45. The van der Waals surface area contributed by atoms with Crippen molar-refractivity contribution >= 4 is 34.8 Å². The Labute approximate surface area is 271 Å². The van der Waals surface area contributed by atoms with E-state index in [0.29, 0.717) is 71.0 Å². The molecule has 0 atom stereocenters. The number of pyridine rings is 2. The van der Waals surface area contributed by atoms with Gasteiger partial charge in [0.15, 0.2) is 11.6 Å². The van der Waals surface area contributed by atoms with Crippen LogP contribution in [-0.2, 0) is 12.8 Å². The van der Waals surface area contributed by atoms with Gasteiger partial charge in [0.2, 0.25) is 0 Å². The van der Waals surface area contributed by atoms with Gasteiger partial charge in [-0.15, -0.1) is 0 Å². The second-order valence-electron chi connectivity index (χ2n) is 10.4. The van der Waals surface area contributed by atoms with E-state index in [-0.39, 0.29) is 0 Å². The summed E-state index contributed by atoms with van der Waals surface area (Å²) in [4.78, 5) is 31.9. The highest BCUT2D eigenvalue weighted by Gasteiger charge is 2.24. The van der Waals surface area contributed by atoms with Crippen molar-refractivity contribution in [2.75, 3.05) is 75.4 Å². The van der Waals surface area contributed by atoms with Gasteiger partial charge in [-0.3, -0.25) is 9.97 Å². The van der Waals surface area contributed by atoms with Crippen LogP contribution in [0, 0.1) is 0 Å². The van der Waals surface area contributed by atoms with Gasteiger partial charge in [-0.2, -0.15) is 0 Å². The van der Waals surface area contributed by atoms with E-state index in [1.54, 1.807) is 49.3 Å². The number of aromatic nitrogens is 6. The molecule has 6 rings (SSSR count). The number of nitrogens with one attached hydrogen (secondary N) is 2. The molecule has 2 aliphatic rings. The quantitative estimate of drug-likeness (QED) is 0.232. The van der Waals surface area contributed by atoms with Crippen LogP contribution in [0.1, 0.15) is 11.4 Å². The zero-order valence-electron chi connectivity index (χ0n) is 24.7. The standard InChI is InChI=1S/C30H34Cl2N10O3/c31-21-13-25(19-35-15-21)43-11-1-23-17-37-29(27(39-23)41-7-3-33-4-8-41)45-30-28(42-9-5-34-6-10-42)40-24(18-38-30)2-12-44-26-14-22(32)16-36-20-26/h13-20,33-34H,1-12H2. The molecular formula is C30H34Cl2N10O3. The van der Waals surface area contributed by atoms with Crippen LogP contribution in [0.5, 0.6) is 23.3 Å². The van der Waals surface area contributed by atoms with Gasteiger partial charge < -0.3 is 34.6 Å². The van der Waals surface area contributed by atoms with E-state index >= 15 is 0 Å². The number of nitrogens with zero attached hydrogens (tertiary/aromatic N) is 8. The largest absolute Gasteiger partial charge is 0.492 e. The van der Waals surface area contributed by atoms with Crippen LogP contribution in [0.3, 0.4) is 0 Å². The van der Waals surface area contributed by atoms with Crippen molar-refractivity contribution in [3.05, 3.63) is 70.7 Å². The predicted octanol–water partition coefficient (Wildman–Crippen LogP) is 3.22. The molecule has 2 aliphatic heterocycles. The van der Waals surface area contributed by atoms with Crippen molar-refractivity contribution in [2.45, 2.75) is 12.8 Å². The molecule has 0 aliphatic carbocycles. The van der Waals surface area contributed by atoms with E-state index < -0.39 is 0 Å². The molecule has 0 unspecified atom stereocenters. The Morgan fingerprint density at radius 3 is 1.49 bits per heavy atom. The smallest absolute Gasteiger partial charge is 0.264 e. The van der Waals surface area contributed by atoms with Crippen LogP contribution in [0.2, 0.25) is 10.0 Å². The number of halogens is 2. The van der Waals surface area contributed by atoms with Crippen molar-refractivity contribution in [1.82, 2.24) is 40.5 Å². The summed E-state index contributed by atoms with van der Waals surface area (Å²) in [6, 6.07) is 3.46. The monoisotopic (exact) mass is 652 g/mol. The maximum atomic E-state index is 6.45. The lowest BCUT2D eigenvalue weighted by Gasteiger charge is -2.31. The number of hydrogen-bond donors (Lipinski definition) is 2. The Balaban J connectivity index is 1.20. The third-order valence-electron chi connectivity index (χ3n) is 7.18. The molecule has 0 spiro atoms.